The molecule has 0 spiro atoms. The van der Waals surface area contributed by atoms with Crippen LogP contribution in [0.4, 0.5) is 10.5 Å². The first-order valence-corrected chi connectivity index (χ1v) is 8.35. The molecule has 0 radical (unpaired) electrons. The lowest BCUT2D eigenvalue weighted by Crippen LogP contribution is -2.49. The number of hydrogen-bond donors (Lipinski definition) is 1. The molecule has 0 bridgehead atoms. The Hall–Kier alpha value is -1.08. The molecule has 1 aliphatic heterocycles. The van der Waals surface area contributed by atoms with E-state index in [1.807, 2.05) is 20.8 Å². The van der Waals surface area contributed by atoms with E-state index in [0.717, 1.165) is 25.1 Å². The summed E-state index contributed by atoms with van der Waals surface area (Å²) in [5, 5.41) is 11.0. The van der Waals surface area contributed by atoms with Gasteiger partial charge in [-0.3, -0.25) is 0 Å². The van der Waals surface area contributed by atoms with Gasteiger partial charge in [0.05, 0.1) is 5.69 Å². The van der Waals surface area contributed by atoms with Crippen molar-refractivity contribution in [1.29, 1.82) is 0 Å². The molecule has 6 nitrogen and oxygen atoms in total. The molecular formula is C14H20BrClN4O2. The van der Waals surface area contributed by atoms with Gasteiger partial charge in [-0.15, -0.1) is 10.2 Å². The number of nitrogens with one attached hydrogen (secondary N) is 1. The van der Waals surface area contributed by atoms with Gasteiger partial charge in [-0.2, -0.15) is 0 Å². The van der Waals surface area contributed by atoms with Crippen molar-refractivity contribution in [3.05, 3.63) is 15.8 Å². The molecule has 1 aliphatic rings. The number of anilines is 1. The fourth-order valence-electron chi connectivity index (χ4n) is 2.35. The number of carbonyl (C=O) groups excluding carboxylic acids is 1. The Kier molecular flexibility index (Phi) is 5.50. The molecule has 22 heavy (non-hydrogen) atoms. The van der Waals surface area contributed by atoms with Gasteiger partial charge < -0.3 is 15.0 Å². The zero-order chi connectivity index (χ0) is 16.3. The number of nitrogens with zero attached hydrogens (tertiary/aromatic N) is 3. The molecule has 0 saturated carbocycles. The van der Waals surface area contributed by atoms with Crippen LogP contribution >= 0.6 is 27.5 Å². The summed E-state index contributed by atoms with van der Waals surface area (Å²) < 4.78 is 5.95. The molecule has 1 aromatic heterocycles. The Morgan fingerprint density at radius 1 is 1.50 bits per heavy atom. The van der Waals surface area contributed by atoms with Crippen molar-refractivity contribution in [1.82, 2.24) is 15.5 Å². The average Bonchev–Trinajstić information content (AvgIpc) is 2.39. The van der Waals surface area contributed by atoms with Crippen LogP contribution in [-0.4, -0.2) is 41.0 Å². The first-order valence-electron chi connectivity index (χ1n) is 7.18. The fraction of sp³-hybridized carbons (Fsp3) is 0.643. The number of alkyl carbamates (subject to hydrolysis) is 1. The van der Waals surface area contributed by atoms with Gasteiger partial charge in [0.1, 0.15) is 5.60 Å². The Morgan fingerprint density at radius 3 is 2.91 bits per heavy atom. The highest BCUT2D eigenvalue weighted by Crippen LogP contribution is 2.28. The Bertz CT molecular complexity index is 550. The maximum Gasteiger partial charge on any atom is 0.407 e. The summed E-state index contributed by atoms with van der Waals surface area (Å²) in [6.07, 6.45) is 1.50. The van der Waals surface area contributed by atoms with E-state index in [1.165, 1.54) is 0 Å². The monoisotopic (exact) mass is 390 g/mol. The topological polar surface area (TPSA) is 67.3 Å². The van der Waals surface area contributed by atoms with Crippen LogP contribution in [0.2, 0.25) is 5.15 Å². The first-order chi connectivity index (χ1) is 10.2. The van der Waals surface area contributed by atoms with Crippen molar-refractivity contribution in [3.8, 4) is 0 Å². The van der Waals surface area contributed by atoms with Gasteiger partial charge in [0.15, 0.2) is 9.76 Å². The second-order valence-corrected chi connectivity index (χ2v) is 7.41. The summed E-state index contributed by atoms with van der Waals surface area (Å²) in [5.74, 6) is 0. The van der Waals surface area contributed by atoms with Crippen LogP contribution in [0, 0.1) is 0 Å². The number of ether oxygens (including phenoxy) is 1. The summed E-state index contributed by atoms with van der Waals surface area (Å²) in [4.78, 5) is 14.0. The van der Waals surface area contributed by atoms with Gasteiger partial charge in [-0.05, 0) is 49.5 Å². The van der Waals surface area contributed by atoms with E-state index in [4.69, 9.17) is 16.3 Å². The summed E-state index contributed by atoms with van der Waals surface area (Å²) >= 11 is 9.31. The Labute approximate surface area is 143 Å². The predicted octanol–water partition coefficient (Wildman–Crippen LogP) is 3.39. The van der Waals surface area contributed by atoms with E-state index in [2.05, 4.69) is 36.3 Å². The van der Waals surface area contributed by atoms with Gasteiger partial charge >= 0.3 is 6.09 Å². The number of carbonyl (C=O) groups is 1. The number of amides is 1. The Morgan fingerprint density at radius 2 is 2.23 bits per heavy atom. The van der Waals surface area contributed by atoms with Crippen LogP contribution in [0.5, 0.6) is 0 Å². The van der Waals surface area contributed by atoms with Crippen LogP contribution in [0.3, 0.4) is 0 Å². The lowest BCUT2D eigenvalue weighted by molar-refractivity contribution is 0.0500. The molecule has 8 heteroatoms. The quantitative estimate of drug-likeness (QED) is 0.837. The van der Waals surface area contributed by atoms with Gasteiger partial charge in [0.25, 0.3) is 0 Å². The highest BCUT2D eigenvalue weighted by Gasteiger charge is 2.25. The summed E-state index contributed by atoms with van der Waals surface area (Å²) in [6.45, 7) is 7.11. The maximum absolute atomic E-state index is 11.9. The van der Waals surface area contributed by atoms with Crippen molar-refractivity contribution in [3.63, 3.8) is 0 Å². The van der Waals surface area contributed by atoms with Gasteiger partial charge in [0, 0.05) is 25.2 Å². The molecule has 1 saturated heterocycles. The molecule has 1 amide bonds. The third-order valence-corrected chi connectivity index (χ3v) is 3.93. The molecular weight excluding hydrogens is 372 g/mol. The van der Waals surface area contributed by atoms with Crippen molar-refractivity contribution < 1.29 is 9.53 Å². The molecule has 0 unspecified atom stereocenters. The third-order valence-electron chi connectivity index (χ3n) is 3.18. The van der Waals surface area contributed by atoms with Crippen LogP contribution in [0.1, 0.15) is 33.6 Å². The minimum atomic E-state index is -0.496. The minimum Gasteiger partial charge on any atom is -0.444 e. The van der Waals surface area contributed by atoms with Crippen molar-refractivity contribution in [2.24, 2.45) is 0 Å². The van der Waals surface area contributed by atoms with Gasteiger partial charge in [-0.25, -0.2) is 4.79 Å². The standard InChI is InChI=1S/C14H20BrClN4O2/c1-14(2,3)22-13(21)17-9-5-4-6-20(8-9)10-7-11(16)18-19-12(10)15/h7,9H,4-6,8H2,1-3H3,(H,17,21)/t9-/m0/s1. The van der Waals surface area contributed by atoms with Gasteiger partial charge in [0.2, 0.25) is 0 Å². The zero-order valence-electron chi connectivity index (χ0n) is 12.9. The SMILES string of the molecule is CC(C)(C)OC(=O)N[C@H]1CCCN(c2cc(Cl)nnc2Br)C1. The number of piperidine rings is 1. The first kappa shape index (κ1) is 17.3. The average molecular weight is 392 g/mol. The minimum absolute atomic E-state index is 0.0300. The number of rotatable bonds is 2. The maximum atomic E-state index is 11.9. The van der Waals surface area contributed by atoms with Crippen molar-refractivity contribution >= 4 is 39.3 Å². The normalized spacial score (nSPS) is 19.0. The lowest BCUT2D eigenvalue weighted by atomic mass is 10.1. The molecule has 1 aromatic rings. The van der Waals surface area contributed by atoms with E-state index in [0.29, 0.717) is 16.3 Å². The molecule has 0 aliphatic carbocycles. The second kappa shape index (κ2) is 7.00. The van der Waals surface area contributed by atoms with E-state index >= 15 is 0 Å². The molecule has 0 aromatic carbocycles. The molecule has 1 N–H and O–H groups in total. The van der Waals surface area contributed by atoms with Gasteiger partial charge in [-0.1, -0.05) is 11.6 Å². The predicted molar refractivity (Wildman–Crippen MR) is 89.3 cm³/mol. The highest BCUT2D eigenvalue weighted by atomic mass is 79.9. The summed E-state index contributed by atoms with van der Waals surface area (Å²) in [7, 11) is 0. The molecule has 2 rings (SSSR count). The summed E-state index contributed by atoms with van der Waals surface area (Å²) in [5.41, 5.74) is 0.389. The molecule has 1 fully saturated rings. The largest absolute Gasteiger partial charge is 0.444 e. The highest BCUT2D eigenvalue weighted by molar-refractivity contribution is 9.10. The molecule has 2 heterocycles. The molecule has 1 atom stereocenters. The number of aromatic nitrogens is 2. The third kappa shape index (κ3) is 4.98. The fourth-order valence-corrected chi connectivity index (χ4v) is 2.94. The Balaban J connectivity index is 2.00. The van der Waals surface area contributed by atoms with E-state index in [-0.39, 0.29) is 12.1 Å². The van der Waals surface area contributed by atoms with Crippen LogP contribution in [0.25, 0.3) is 0 Å². The van der Waals surface area contributed by atoms with Crippen LogP contribution < -0.4 is 10.2 Å². The smallest absolute Gasteiger partial charge is 0.407 e. The number of hydrogen-bond acceptors (Lipinski definition) is 5. The van der Waals surface area contributed by atoms with E-state index in [1.54, 1.807) is 6.07 Å². The van der Waals surface area contributed by atoms with E-state index in [9.17, 15) is 4.79 Å². The lowest BCUT2D eigenvalue weighted by Gasteiger charge is -2.35. The van der Waals surface area contributed by atoms with Crippen molar-refractivity contribution in [2.75, 3.05) is 18.0 Å². The zero-order valence-corrected chi connectivity index (χ0v) is 15.2. The van der Waals surface area contributed by atoms with Crippen molar-refractivity contribution in [2.45, 2.75) is 45.3 Å². The van der Waals surface area contributed by atoms with Crippen LogP contribution in [0.15, 0.2) is 10.7 Å². The van der Waals surface area contributed by atoms with E-state index < -0.39 is 5.60 Å². The van der Waals surface area contributed by atoms with Crippen LogP contribution in [-0.2, 0) is 4.74 Å². The summed E-state index contributed by atoms with van der Waals surface area (Å²) in [6, 6.07) is 1.80. The molecule has 122 valence electrons. The second-order valence-electron chi connectivity index (χ2n) is 6.27. The number of halogens is 2.